The predicted octanol–water partition coefficient (Wildman–Crippen LogP) is 4.28. The summed E-state index contributed by atoms with van der Waals surface area (Å²) < 4.78 is 12.5. The number of aryl methyl sites for hydroxylation is 1. The first kappa shape index (κ1) is 18.1. The summed E-state index contributed by atoms with van der Waals surface area (Å²) in [7, 11) is 0. The van der Waals surface area contributed by atoms with E-state index in [1.807, 2.05) is 55.5 Å². The van der Waals surface area contributed by atoms with Crippen LogP contribution in [0.25, 0.3) is 0 Å². The van der Waals surface area contributed by atoms with Crippen LogP contribution in [-0.4, -0.2) is 10.2 Å². The van der Waals surface area contributed by atoms with Crippen LogP contribution < -0.4 is 15.2 Å². The molecule has 4 rings (SSSR count). The molecule has 0 aliphatic carbocycles. The van der Waals surface area contributed by atoms with Crippen LogP contribution in [0.15, 0.2) is 64.5 Å². The fourth-order valence-corrected chi connectivity index (χ4v) is 3.70. The lowest BCUT2D eigenvalue weighted by Crippen LogP contribution is -2.21. The smallest absolute Gasteiger partial charge is 0.244 e. The van der Waals surface area contributed by atoms with Gasteiger partial charge in [0.05, 0.1) is 5.92 Å². The maximum atomic E-state index is 9.76. The molecule has 0 fully saturated rings. The van der Waals surface area contributed by atoms with E-state index < -0.39 is 5.92 Å². The van der Waals surface area contributed by atoms with Crippen molar-refractivity contribution in [2.45, 2.75) is 19.4 Å². The van der Waals surface area contributed by atoms with E-state index in [4.69, 9.17) is 15.2 Å². The molecule has 3 N–H and O–H groups in total. The number of nitrogens with zero attached hydrogens (tertiary/aromatic N) is 2. The third-order valence-corrected chi connectivity index (χ3v) is 5.14. The fourth-order valence-electron chi connectivity index (χ4n) is 3.32. The fraction of sp³-hybridized carbons (Fsp3) is 0.143. The highest BCUT2D eigenvalue weighted by Crippen LogP contribution is 2.46. The van der Waals surface area contributed by atoms with Gasteiger partial charge in [-0.3, -0.25) is 5.10 Å². The van der Waals surface area contributed by atoms with E-state index in [0.717, 1.165) is 26.9 Å². The van der Waals surface area contributed by atoms with Gasteiger partial charge in [-0.05, 0) is 30.7 Å². The summed E-state index contributed by atoms with van der Waals surface area (Å²) in [6.07, 6.45) is 0. The lowest BCUT2D eigenvalue weighted by atomic mass is 9.83. The number of aromatic nitrogens is 2. The average Bonchev–Trinajstić information content (AvgIpc) is 3.07. The minimum atomic E-state index is -0.434. The summed E-state index contributed by atoms with van der Waals surface area (Å²) in [5.41, 5.74) is 9.83. The van der Waals surface area contributed by atoms with Gasteiger partial charge in [0.15, 0.2) is 0 Å². The molecule has 0 bridgehead atoms. The Balaban J connectivity index is 1.80. The van der Waals surface area contributed by atoms with E-state index in [2.05, 4.69) is 32.2 Å². The summed E-state index contributed by atoms with van der Waals surface area (Å²) in [6.45, 7) is 2.30. The van der Waals surface area contributed by atoms with E-state index in [1.165, 1.54) is 0 Å². The van der Waals surface area contributed by atoms with Crippen molar-refractivity contribution in [1.82, 2.24) is 10.2 Å². The molecular formula is C21H17BrN4O2. The van der Waals surface area contributed by atoms with Gasteiger partial charge in [-0.1, -0.05) is 46.3 Å². The second-order valence-electron chi connectivity index (χ2n) is 6.45. The summed E-state index contributed by atoms with van der Waals surface area (Å²) in [6, 6.07) is 17.8. The normalized spacial score (nSPS) is 15.5. The molecule has 1 aromatic heterocycles. The highest BCUT2D eigenvalue weighted by atomic mass is 79.9. The van der Waals surface area contributed by atoms with Gasteiger partial charge in [0.25, 0.3) is 0 Å². The van der Waals surface area contributed by atoms with Crippen LogP contribution in [-0.2, 0) is 6.61 Å². The number of aromatic amines is 1. The summed E-state index contributed by atoms with van der Waals surface area (Å²) in [4.78, 5) is 0. The maximum Gasteiger partial charge on any atom is 0.244 e. The number of H-pyrrole nitrogens is 1. The minimum absolute atomic E-state index is 0.0560. The highest BCUT2D eigenvalue weighted by Gasteiger charge is 2.36. The predicted molar refractivity (Wildman–Crippen MR) is 108 cm³/mol. The van der Waals surface area contributed by atoms with Gasteiger partial charge >= 0.3 is 0 Å². The second-order valence-corrected chi connectivity index (χ2v) is 7.36. The van der Waals surface area contributed by atoms with Gasteiger partial charge in [-0.15, -0.1) is 5.10 Å². The van der Waals surface area contributed by atoms with E-state index >= 15 is 0 Å². The molecule has 3 aromatic rings. The molecule has 28 heavy (non-hydrogen) atoms. The molecule has 6 nitrogen and oxygen atoms in total. The Bertz CT molecular complexity index is 1100. The first-order valence-corrected chi connectivity index (χ1v) is 9.46. The topological polar surface area (TPSA) is 97.0 Å². The van der Waals surface area contributed by atoms with Crippen LogP contribution in [0.1, 0.15) is 28.3 Å². The second kappa shape index (κ2) is 7.41. The van der Waals surface area contributed by atoms with Gasteiger partial charge in [0.1, 0.15) is 24.0 Å². The first-order valence-electron chi connectivity index (χ1n) is 8.67. The van der Waals surface area contributed by atoms with Crippen LogP contribution in [0.4, 0.5) is 0 Å². The van der Waals surface area contributed by atoms with Crippen molar-refractivity contribution < 1.29 is 9.47 Å². The van der Waals surface area contributed by atoms with E-state index in [9.17, 15) is 5.26 Å². The van der Waals surface area contributed by atoms with Crippen LogP contribution >= 0.6 is 15.9 Å². The quantitative estimate of drug-likeness (QED) is 0.635. The van der Waals surface area contributed by atoms with Gasteiger partial charge in [0.2, 0.25) is 11.8 Å². The number of fused-ring (bicyclic) bond motifs is 1. The Morgan fingerprint density at radius 3 is 2.82 bits per heavy atom. The number of hydrogen-bond acceptors (Lipinski definition) is 5. The standard InChI is InChI=1S/C21H17BrN4O2/c1-12-18-19(16(10-23)20(24)28-21(18)26-25-12)15-9-14(22)7-8-17(15)27-11-13-5-3-2-4-6-13/h2-9,19H,11,24H2,1H3,(H,25,26). The molecule has 7 heteroatoms. The number of halogens is 1. The zero-order valence-electron chi connectivity index (χ0n) is 15.1. The highest BCUT2D eigenvalue weighted by molar-refractivity contribution is 9.10. The number of allylic oxidation sites excluding steroid dienone is 1. The molecule has 1 atom stereocenters. The Labute approximate surface area is 170 Å². The molecule has 0 saturated heterocycles. The van der Waals surface area contributed by atoms with Gasteiger partial charge in [0, 0.05) is 21.3 Å². The number of nitriles is 1. The number of hydrogen-bond donors (Lipinski definition) is 2. The van der Waals surface area contributed by atoms with Gasteiger partial charge in [-0.2, -0.15) is 5.26 Å². The molecule has 0 radical (unpaired) electrons. The lowest BCUT2D eigenvalue weighted by Gasteiger charge is -2.25. The molecule has 0 saturated carbocycles. The molecule has 140 valence electrons. The third-order valence-electron chi connectivity index (χ3n) is 4.65. The number of nitrogens with two attached hydrogens (primary N) is 1. The number of nitrogens with one attached hydrogen (secondary N) is 1. The summed E-state index contributed by atoms with van der Waals surface area (Å²) >= 11 is 3.52. The van der Waals surface area contributed by atoms with Crippen molar-refractivity contribution in [2.24, 2.45) is 5.73 Å². The maximum absolute atomic E-state index is 9.76. The summed E-state index contributed by atoms with van der Waals surface area (Å²) in [5, 5.41) is 16.9. The van der Waals surface area contributed by atoms with Crippen molar-refractivity contribution in [3.63, 3.8) is 0 Å². The third kappa shape index (κ3) is 3.23. The van der Waals surface area contributed by atoms with Crippen LogP contribution in [0.2, 0.25) is 0 Å². The zero-order chi connectivity index (χ0) is 19.7. The van der Waals surface area contributed by atoms with E-state index in [-0.39, 0.29) is 5.88 Å². The van der Waals surface area contributed by atoms with Crippen molar-refractivity contribution in [2.75, 3.05) is 0 Å². The molecule has 1 aliphatic heterocycles. The molecule has 1 unspecified atom stereocenters. The number of ether oxygens (including phenoxy) is 2. The van der Waals surface area contributed by atoms with E-state index in [0.29, 0.717) is 23.8 Å². The first-order chi connectivity index (χ1) is 13.6. The average molecular weight is 437 g/mol. The molecule has 0 amide bonds. The van der Waals surface area contributed by atoms with E-state index in [1.54, 1.807) is 0 Å². The lowest BCUT2D eigenvalue weighted by molar-refractivity contribution is 0.301. The SMILES string of the molecule is Cc1[nH]nc2c1C(c1cc(Br)ccc1OCc1ccccc1)C(C#N)=C(N)O2. The number of benzene rings is 2. The van der Waals surface area contributed by atoms with Crippen molar-refractivity contribution in [3.8, 4) is 17.7 Å². The number of rotatable bonds is 4. The molecule has 2 heterocycles. The minimum Gasteiger partial charge on any atom is -0.489 e. The van der Waals surface area contributed by atoms with Crippen LogP contribution in [0.5, 0.6) is 11.6 Å². The van der Waals surface area contributed by atoms with Crippen LogP contribution in [0.3, 0.4) is 0 Å². The largest absolute Gasteiger partial charge is 0.489 e. The van der Waals surface area contributed by atoms with Gasteiger partial charge in [-0.25, -0.2) is 0 Å². The van der Waals surface area contributed by atoms with Crippen LogP contribution in [0, 0.1) is 18.3 Å². The summed E-state index contributed by atoms with van der Waals surface area (Å²) in [5.74, 6) is 0.676. The Hall–Kier alpha value is -3.24. The molecule has 1 aliphatic rings. The molecule has 2 aromatic carbocycles. The van der Waals surface area contributed by atoms with Gasteiger partial charge < -0.3 is 15.2 Å². The molecule has 0 spiro atoms. The Morgan fingerprint density at radius 1 is 1.29 bits per heavy atom. The Morgan fingerprint density at radius 2 is 2.07 bits per heavy atom. The molecular weight excluding hydrogens is 420 g/mol. The van der Waals surface area contributed by atoms with Crippen molar-refractivity contribution >= 4 is 15.9 Å². The zero-order valence-corrected chi connectivity index (χ0v) is 16.7. The van der Waals surface area contributed by atoms with Crippen molar-refractivity contribution in [1.29, 1.82) is 5.26 Å². The Kier molecular flexibility index (Phi) is 4.80. The monoisotopic (exact) mass is 436 g/mol. The van der Waals surface area contributed by atoms with Crippen molar-refractivity contribution in [3.05, 3.63) is 86.8 Å².